The van der Waals surface area contributed by atoms with Crippen molar-refractivity contribution in [2.45, 2.75) is 18.6 Å². The van der Waals surface area contributed by atoms with Gasteiger partial charge in [0, 0.05) is 17.7 Å². The van der Waals surface area contributed by atoms with E-state index in [9.17, 15) is 25.1 Å². The predicted molar refractivity (Wildman–Crippen MR) is 67.9 cm³/mol. The Labute approximate surface area is 109 Å². The van der Waals surface area contributed by atoms with E-state index in [-0.39, 0.29) is 23.2 Å². The molecule has 1 rings (SSSR count). The topological polar surface area (TPSA) is 101 Å². The van der Waals surface area contributed by atoms with Gasteiger partial charge in [-0.2, -0.15) is 12.6 Å². The summed E-state index contributed by atoms with van der Waals surface area (Å²) in [4.78, 5) is 20.8. The number of rotatable bonds is 6. The summed E-state index contributed by atoms with van der Waals surface area (Å²) in [5.74, 6) is 0.377. The van der Waals surface area contributed by atoms with Crippen molar-refractivity contribution in [2.24, 2.45) is 0 Å². The van der Waals surface area contributed by atoms with Gasteiger partial charge < -0.3 is 10.2 Å². The number of aliphatic hydroxyl groups excluding tert-OH is 2. The Balaban J connectivity index is 3.08. The third kappa shape index (κ3) is 3.28. The molecule has 0 aliphatic carbocycles. The number of aldehydes is 1. The number of hydrogen-bond donors (Lipinski definition) is 3. The van der Waals surface area contributed by atoms with Crippen LogP contribution in [0, 0.1) is 10.1 Å². The summed E-state index contributed by atoms with van der Waals surface area (Å²) in [7, 11) is 0. The first-order valence-corrected chi connectivity index (χ1v) is 5.85. The first-order valence-electron chi connectivity index (χ1n) is 5.21. The van der Waals surface area contributed by atoms with E-state index in [1.165, 1.54) is 12.1 Å². The number of carbonyl (C=O) groups is 1. The Hall–Kier alpha value is -1.44. The molecule has 0 amide bonds. The molecule has 2 N–H and O–H groups in total. The SMILES string of the molecule is O=Cc1cc([N+](=O)[O-])ccc1C(O)C(O)CCS. The Morgan fingerprint density at radius 3 is 2.61 bits per heavy atom. The molecule has 7 heteroatoms. The second-order valence-corrected chi connectivity index (χ2v) is 4.16. The first kappa shape index (κ1) is 14.6. The van der Waals surface area contributed by atoms with Crippen molar-refractivity contribution in [2.75, 3.05) is 5.75 Å². The van der Waals surface area contributed by atoms with Crippen LogP contribution < -0.4 is 0 Å². The second-order valence-electron chi connectivity index (χ2n) is 3.71. The predicted octanol–water partition coefficient (Wildman–Crippen LogP) is 1.12. The molecule has 0 aliphatic rings. The molecule has 0 heterocycles. The van der Waals surface area contributed by atoms with Crippen LogP contribution >= 0.6 is 12.6 Å². The molecule has 0 aromatic heterocycles. The van der Waals surface area contributed by atoms with Gasteiger partial charge in [-0.3, -0.25) is 14.9 Å². The van der Waals surface area contributed by atoms with Crippen molar-refractivity contribution in [3.8, 4) is 0 Å². The van der Waals surface area contributed by atoms with Gasteiger partial charge in [0.1, 0.15) is 6.10 Å². The van der Waals surface area contributed by atoms with Gasteiger partial charge in [-0.1, -0.05) is 0 Å². The van der Waals surface area contributed by atoms with Crippen LogP contribution in [-0.4, -0.2) is 33.3 Å². The second kappa shape index (κ2) is 6.48. The maximum Gasteiger partial charge on any atom is 0.270 e. The molecule has 0 bridgehead atoms. The molecule has 6 nitrogen and oxygen atoms in total. The van der Waals surface area contributed by atoms with E-state index in [0.29, 0.717) is 12.0 Å². The number of nitro benzene ring substituents is 1. The Morgan fingerprint density at radius 2 is 2.11 bits per heavy atom. The molecular formula is C11H13NO5S. The summed E-state index contributed by atoms with van der Waals surface area (Å²) >= 11 is 3.93. The highest BCUT2D eigenvalue weighted by molar-refractivity contribution is 7.80. The highest BCUT2D eigenvalue weighted by Crippen LogP contribution is 2.25. The third-order valence-electron chi connectivity index (χ3n) is 2.52. The number of aliphatic hydroxyl groups is 2. The number of carbonyl (C=O) groups excluding carboxylic acids is 1. The van der Waals surface area contributed by atoms with Gasteiger partial charge >= 0.3 is 0 Å². The molecule has 0 saturated carbocycles. The van der Waals surface area contributed by atoms with Gasteiger partial charge in [-0.15, -0.1) is 0 Å². The van der Waals surface area contributed by atoms with Crippen LogP contribution in [0.15, 0.2) is 18.2 Å². The van der Waals surface area contributed by atoms with Crippen LogP contribution in [0.2, 0.25) is 0 Å². The summed E-state index contributed by atoms with van der Waals surface area (Å²) in [6.45, 7) is 0. The Bertz CT molecular complexity index is 451. The molecule has 98 valence electrons. The molecule has 2 atom stereocenters. The van der Waals surface area contributed by atoms with E-state index in [1.807, 2.05) is 0 Å². The van der Waals surface area contributed by atoms with Gasteiger partial charge in [0.05, 0.1) is 11.0 Å². The van der Waals surface area contributed by atoms with E-state index >= 15 is 0 Å². The molecule has 0 fully saturated rings. The fraction of sp³-hybridized carbons (Fsp3) is 0.364. The van der Waals surface area contributed by atoms with Crippen LogP contribution in [0.3, 0.4) is 0 Å². The molecular weight excluding hydrogens is 258 g/mol. The van der Waals surface area contributed by atoms with E-state index in [2.05, 4.69) is 12.6 Å². The lowest BCUT2D eigenvalue weighted by Gasteiger charge is -2.18. The number of nitro groups is 1. The molecule has 0 saturated heterocycles. The van der Waals surface area contributed by atoms with Crippen LogP contribution in [0.4, 0.5) is 5.69 Å². The number of hydrogen-bond acceptors (Lipinski definition) is 6. The standard InChI is InChI=1S/C11H13NO5S/c13-6-7-5-8(12(16)17)1-2-9(7)11(15)10(14)3-4-18/h1-2,5-6,10-11,14-15,18H,3-4H2. The number of benzene rings is 1. The quantitative estimate of drug-likeness (QED) is 0.311. The van der Waals surface area contributed by atoms with Crippen LogP contribution in [0.5, 0.6) is 0 Å². The molecule has 0 radical (unpaired) electrons. The van der Waals surface area contributed by atoms with Crippen molar-refractivity contribution in [3.63, 3.8) is 0 Å². The molecule has 2 unspecified atom stereocenters. The zero-order chi connectivity index (χ0) is 13.7. The van der Waals surface area contributed by atoms with E-state index in [0.717, 1.165) is 6.07 Å². The lowest BCUT2D eigenvalue weighted by atomic mass is 9.97. The number of nitrogens with zero attached hydrogens (tertiary/aromatic N) is 1. The molecule has 0 aliphatic heterocycles. The Morgan fingerprint density at radius 1 is 1.44 bits per heavy atom. The van der Waals surface area contributed by atoms with Crippen molar-refractivity contribution in [1.82, 2.24) is 0 Å². The minimum absolute atomic E-state index is 0.00471. The van der Waals surface area contributed by atoms with Crippen molar-refractivity contribution in [1.29, 1.82) is 0 Å². The maximum atomic E-state index is 10.9. The zero-order valence-corrected chi connectivity index (χ0v) is 10.3. The fourth-order valence-corrected chi connectivity index (χ4v) is 1.81. The van der Waals surface area contributed by atoms with E-state index < -0.39 is 17.1 Å². The summed E-state index contributed by atoms with van der Waals surface area (Å²) in [6.07, 6.45) is -1.67. The minimum Gasteiger partial charge on any atom is -0.390 e. The average Bonchev–Trinajstić information content (AvgIpc) is 2.37. The molecule has 0 spiro atoms. The van der Waals surface area contributed by atoms with E-state index in [4.69, 9.17) is 0 Å². The van der Waals surface area contributed by atoms with Gasteiger partial charge in [-0.05, 0) is 23.8 Å². The zero-order valence-electron chi connectivity index (χ0n) is 9.39. The summed E-state index contributed by atoms with van der Waals surface area (Å²) in [5.41, 5.74) is -0.0727. The van der Waals surface area contributed by atoms with Crippen molar-refractivity contribution < 1.29 is 19.9 Å². The largest absolute Gasteiger partial charge is 0.390 e. The third-order valence-corrected chi connectivity index (χ3v) is 2.77. The minimum atomic E-state index is -1.27. The monoisotopic (exact) mass is 271 g/mol. The normalized spacial score (nSPS) is 13.9. The number of non-ortho nitro benzene ring substituents is 1. The van der Waals surface area contributed by atoms with E-state index in [1.54, 1.807) is 0 Å². The smallest absolute Gasteiger partial charge is 0.270 e. The first-order chi connectivity index (χ1) is 8.51. The number of thiol groups is 1. The van der Waals surface area contributed by atoms with Crippen molar-refractivity contribution >= 4 is 24.6 Å². The van der Waals surface area contributed by atoms with Gasteiger partial charge in [0.25, 0.3) is 5.69 Å². The van der Waals surface area contributed by atoms with Crippen LogP contribution in [0.25, 0.3) is 0 Å². The van der Waals surface area contributed by atoms with Crippen molar-refractivity contribution in [3.05, 3.63) is 39.4 Å². The maximum absolute atomic E-state index is 10.9. The van der Waals surface area contributed by atoms with Crippen LogP contribution in [0.1, 0.15) is 28.4 Å². The highest BCUT2D eigenvalue weighted by atomic mass is 32.1. The summed E-state index contributed by atoms with van der Waals surface area (Å²) < 4.78 is 0. The lowest BCUT2D eigenvalue weighted by Crippen LogP contribution is -2.20. The summed E-state index contributed by atoms with van der Waals surface area (Å²) in [6, 6.07) is 3.52. The average molecular weight is 271 g/mol. The van der Waals surface area contributed by atoms with Gasteiger partial charge in [0.2, 0.25) is 0 Å². The highest BCUT2D eigenvalue weighted by Gasteiger charge is 2.22. The van der Waals surface area contributed by atoms with Gasteiger partial charge in [0.15, 0.2) is 6.29 Å². The van der Waals surface area contributed by atoms with Gasteiger partial charge in [-0.25, -0.2) is 0 Å². The summed E-state index contributed by atoms with van der Waals surface area (Å²) in [5, 5.41) is 30.0. The fourth-order valence-electron chi connectivity index (χ4n) is 1.54. The van der Waals surface area contributed by atoms with Crippen LogP contribution in [-0.2, 0) is 0 Å². The Kier molecular flexibility index (Phi) is 5.26. The molecule has 1 aromatic rings. The molecule has 18 heavy (non-hydrogen) atoms. The molecule has 1 aromatic carbocycles. The lowest BCUT2D eigenvalue weighted by molar-refractivity contribution is -0.384.